The second-order valence-electron chi connectivity index (χ2n) is 6.87. The number of hydrogen-bond acceptors (Lipinski definition) is 6. The topological polar surface area (TPSA) is 93.9 Å². The summed E-state index contributed by atoms with van der Waals surface area (Å²) >= 11 is 0. The molecule has 0 atom stereocenters. The Kier molecular flexibility index (Phi) is 4.79. The molecule has 0 spiro atoms. The summed E-state index contributed by atoms with van der Waals surface area (Å²) in [6, 6.07) is 10.4. The van der Waals surface area contributed by atoms with Gasteiger partial charge in [0.1, 0.15) is 17.4 Å². The van der Waals surface area contributed by atoms with Gasteiger partial charge < -0.3 is 19.2 Å². The maximum absolute atomic E-state index is 13.1. The molecule has 29 heavy (non-hydrogen) atoms. The van der Waals surface area contributed by atoms with E-state index in [9.17, 15) is 22.7 Å². The smallest absolute Gasteiger partial charge is 0.243 e. The lowest BCUT2D eigenvalue weighted by molar-refractivity contribution is -0.257. The highest BCUT2D eigenvalue weighted by Gasteiger charge is 2.29. The van der Waals surface area contributed by atoms with Crippen LogP contribution in [0.15, 0.2) is 51.8 Å². The molecule has 152 valence electrons. The number of carbonyl (C=O) groups is 1. The van der Waals surface area contributed by atoms with Gasteiger partial charge in [-0.1, -0.05) is 0 Å². The van der Waals surface area contributed by atoms with Crippen LogP contribution in [0.4, 0.5) is 10.1 Å². The van der Waals surface area contributed by atoms with E-state index in [2.05, 4.69) is 0 Å². The molecule has 0 saturated carbocycles. The molecule has 3 aromatic rings. The highest BCUT2D eigenvalue weighted by molar-refractivity contribution is 7.89. The number of furan rings is 1. The molecule has 0 N–H and O–H groups in total. The Morgan fingerprint density at radius 3 is 2.34 bits per heavy atom. The van der Waals surface area contributed by atoms with Gasteiger partial charge in [0.25, 0.3) is 0 Å². The zero-order chi connectivity index (χ0) is 20.8. The van der Waals surface area contributed by atoms with Gasteiger partial charge in [0.15, 0.2) is 5.76 Å². The van der Waals surface area contributed by atoms with E-state index in [4.69, 9.17) is 4.42 Å². The first kappa shape index (κ1) is 19.4. The van der Waals surface area contributed by atoms with Crippen LogP contribution in [0.2, 0.25) is 0 Å². The zero-order valence-corrected chi connectivity index (χ0v) is 16.4. The Morgan fingerprint density at radius 2 is 1.72 bits per heavy atom. The molecule has 0 radical (unpaired) electrons. The second-order valence-corrected chi connectivity index (χ2v) is 8.81. The van der Waals surface area contributed by atoms with E-state index in [0.29, 0.717) is 29.6 Å². The van der Waals surface area contributed by atoms with Gasteiger partial charge in [-0.2, -0.15) is 4.31 Å². The lowest BCUT2D eigenvalue weighted by Crippen LogP contribution is -2.48. The van der Waals surface area contributed by atoms with E-state index in [1.165, 1.54) is 34.6 Å². The summed E-state index contributed by atoms with van der Waals surface area (Å²) in [4.78, 5) is 13.2. The van der Waals surface area contributed by atoms with Crippen LogP contribution < -0.4 is 10.0 Å². The molecular formula is C20H18FN2O5S-. The molecule has 2 aromatic carbocycles. The first-order valence-corrected chi connectivity index (χ1v) is 10.5. The van der Waals surface area contributed by atoms with E-state index < -0.39 is 16.0 Å². The van der Waals surface area contributed by atoms with Crippen molar-refractivity contribution in [3.05, 3.63) is 59.6 Å². The van der Waals surface area contributed by atoms with Crippen LogP contribution in [0.3, 0.4) is 0 Å². The number of benzene rings is 2. The molecule has 1 saturated heterocycles. The van der Waals surface area contributed by atoms with Crippen LogP contribution >= 0.6 is 0 Å². The molecule has 0 amide bonds. The van der Waals surface area contributed by atoms with Crippen LogP contribution in [-0.2, 0) is 10.0 Å². The van der Waals surface area contributed by atoms with E-state index >= 15 is 0 Å². The Morgan fingerprint density at radius 1 is 1.07 bits per heavy atom. The van der Waals surface area contributed by atoms with Crippen molar-refractivity contribution in [2.24, 2.45) is 0 Å². The zero-order valence-electron chi connectivity index (χ0n) is 15.6. The van der Waals surface area contributed by atoms with Gasteiger partial charge >= 0.3 is 0 Å². The van der Waals surface area contributed by atoms with Crippen molar-refractivity contribution < 1.29 is 27.1 Å². The third kappa shape index (κ3) is 3.47. The van der Waals surface area contributed by atoms with Crippen molar-refractivity contribution in [1.29, 1.82) is 0 Å². The summed E-state index contributed by atoms with van der Waals surface area (Å²) in [6.45, 7) is 3.08. The lowest BCUT2D eigenvalue weighted by Gasteiger charge is -2.35. The Hall–Kier alpha value is -2.91. The van der Waals surface area contributed by atoms with E-state index in [-0.39, 0.29) is 29.6 Å². The second kappa shape index (κ2) is 7.16. The minimum Gasteiger partial charge on any atom is -0.542 e. The third-order valence-corrected chi connectivity index (χ3v) is 7.06. The number of fused-ring (bicyclic) bond motifs is 1. The summed E-state index contributed by atoms with van der Waals surface area (Å²) in [5.74, 6) is -2.07. The average Bonchev–Trinajstić information content (AvgIpc) is 3.05. The average molecular weight is 417 g/mol. The van der Waals surface area contributed by atoms with E-state index in [1.54, 1.807) is 19.1 Å². The van der Waals surface area contributed by atoms with Crippen LogP contribution in [0, 0.1) is 12.7 Å². The lowest BCUT2D eigenvalue weighted by atomic mass is 10.1. The van der Waals surface area contributed by atoms with Crippen molar-refractivity contribution in [1.82, 2.24) is 4.31 Å². The van der Waals surface area contributed by atoms with Crippen molar-refractivity contribution in [3.8, 4) is 0 Å². The molecule has 1 fully saturated rings. The van der Waals surface area contributed by atoms with Gasteiger partial charge in [-0.15, -0.1) is 0 Å². The minimum absolute atomic E-state index is 0.0778. The summed E-state index contributed by atoms with van der Waals surface area (Å²) in [5, 5.41) is 11.6. The van der Waals surface area contributed by atoms with Gasteiger partial charge in [-0.05, 0) is 49.4 Å². The maximum atomic E-state index is 13.1. The molecule has 2 heterocycles. The van der Waals surface area contributed by atoms with Gasteiger partial charge in [0.2, 0.25) is 10.0 Å². The predicted molar refractivity (Wildman–Crippen MR) is 103 cm³/mol. The molecule has 0 aliphatic carbocycles. The van der Waals surface area contributed by atoms with Gasteiger partial charge in [-0.25, -0.2) is 12.8 Å². The number of nitrogens with zero attached hydrogens (tertiary/aromatic N) is 2. The van der Waals surface area contributed by atoms with Crippen LogP contribution in [0.5, 0.6) is 0 Å². The molecule has 7 nitrogen and oxygen atoms in total. The van der Waals surface area contributed by atoms with Gasteiger partial charge in [0, 0.05) is 42.8 Å². The summed E-state index contributed by atoms with van der Waals surface area (Å²) in [7, 11) is -3.75. The minimum atomic E-state index is -3.75. The third-order valence-electron chi connectivity index (χ3n) is 5.16. The first-order valence-electron chi connectivity index (χ1n) is 9.02. The monoisotopic (exact) mass is 417 g/mol. The van der Waals surface area contributed by atoms with Crippen molar-refractivity contribution in [2.45, 2.75) is 11.8 Å². The van der Waals surface area contributed by atoms with Crippen LogP contribution in [0.25, 0.3) is 11.0 Å². The highest BCUT2D eigenvalue weighted by Crippen LogP contribution is 2.29. The molecule has 1 aliphatic rings. The van der Waals surface area contributed by atoms with Crippen molar-refractivity contribution in [2.75, 3.05) is 31.1 Å². The Labute approximate surface area is 167 Å². The number of sulfonamides is 1. The van der Waals surface area contributed by atoms with Gasteiger partial charge in [0.05, 0.1) is 4.90 Å². The largest absolute Gasteiger partial charge is 0.542 e. The van der Waals surface area contributed by atoms with E-state index in [1.807, 2.05) is 4.90 Å². The number of hydrogen-bond donors (Lipinski definition) is 0. The number of anilines is 1. The number of aryl methyl sites for hydroxylation is 1. The molecule has 9 heteroatoms. The highest BCUT2D eigenvalue weighted by atomic mass is 32.2. The molecule has 0 bridgehead atoms. The first-order chi connectivity index (χ1) is 13.8. The molecule has 0 unspecified atom stereocenters. The summed E-state index contributed by atoms with van der Waals surface area (Å²) in [6.07, 6.45) is 0. The molecular weight excluding hydrogens is 399 g/mol. The fourth-order valence-electron chi connectivity index (χ4n) is 3.54. The van der Waals surface area contributed by atoms with E-state index in [0.717, 1.165) is 5.69 Å². The molecule has 1 aromatic heterocycles. The number of carboxylic acids is 1. The number of piperazine rings is 1. The Bertz CT molecular complexity index is 1180. The summed E-state index contributed by atoms with van der Waals surface area (Å²) in [5.41, 5.74) is 1.47. The number of aromatic carboxylic acids is 1. The standard InChI is InChI=1S/C20H19FN2O5S/c1-13-17-12-16(6-7-18(17)28-19(13)20(24)25)29(26,27)23-10-8-22(9-11-23)15-4-2-14(21)3-5-15/h2-7,12H,8-11H2,1H3,(H,24,25)/p-1. The number of rotatable bonds is 4. The number of carboxylic acid groups (broad SMARTS) is 1. The van der Waals surface area contributed by atoms with Crippen molar-refractivity contribution in [3.63, 3.8) is 0 Å². The number of halogens is 1. The quantitative estimate of drug-likeness (QED) is 0.642. The fraction of sp³-hybridized carbons (Fsp3) is 0.250. The molecule has 1 aliphatic heterocycles. The number of carbonyl (C=O) groups excluding carboxylic acids is 1. The SMILES string of the molecule is Cc1c(C(=O)[O-])oc2ccc(S(=O)(=O)N3CCN(c4ccc(F)cc4)CC3)cc12. The van der Waals surface area contributed by atoms with Crippen molar-refractivity contribution >= 4 is 32.6 Å². The molecule has 4 rings (SSSR count). The van der Waals surface area contributed by atoms with Crippen LogP contribution in [-0.4, -0.2) is 44.9 Å². The maximum Gasteiger partial charge on any atom is 0.243 e. The van der Waals surface area contributed by atoms with Gasteiger partial charge in [-0.3, -0.25) is 0 Å². The fourth-order valence-corrected chi connectivity index (χ4v) is 4.99. The summed E-state index contributed by atoms with van der Waals surface area (Å²) < 4.78 is 45.9. The Balaban J connectivity index is 1.56. The van der Waals surface area contributed by atoms with Crippen LogP contribution in [0.1, 0.15) is 16.1 Å². The predicted octanol–water partition coefficient (Wildman–Crippen LogP) is 1.75. The normalized spacial score (nSPS) is 15.7.